The molecular formula is C15H10FNO. The van der Waals surface area contributed by atoms with Gasteiger partial charge in [-0.1, -0.05) is 18.2 Å². The van der Waals surface area contributed by atoms with Crippen LogP contribution < -0.4 is 0 Å². The van der Waals surface area contributed by atoms with Crippen LogP contribution in [0.15, 0.2) is 48.3 Å². The molecule has 0 spiro atoms. The number of hydrogen-bond acceptors (Lipinski definition) is 2. The Hall–Kier alpha value is -2.29. The number of nitrogens with zero attached hydrogens (tertiary/aromatic N) is 1. The maximum absolute atomic E-state index is 13.6. The van der Waals surface area contributed by atoms with E-state index in [9.17, 15) is 9.18 Å². The number of hydrogen-bond donors (Lipinski definition) is 0. The van der Waals surface area contributed by atoms with Crippen molar-refractivity contribution in [3.8, 4) is 0 Å². The highest BCUT2D eigenvalue weighted by Crippen LogP contribution is 2.29. The lowest BCUT2D eigenvalue weighted by Gasteiger charge is -1.95. The summed E-state index contributed by atoms with van der Waals surface area (Å²) in [7, 11) is 0. The molecule has 0 fully saturated rings. The van der Waals surface area contributed by atoms with Crippen molar-refractivity contribution >= 4 is 11.9 Å². The maximum atomic E-state index is 13.6. The molecule has 1 aromatic heterocycles. The third kappa shape index (κ3) is 1.74. The van der Waals surface area contributed by atoms with Crippen LogP contribution in [0.2, 0.25) is 0 Å². The highest BCUT2D eigenvalue weighted by molar-refractivity contribution is 6.15. The molecule has 0 radical (unpaired) electrons. The quantitative estimate of drug-likeness (QED) is 0.716. The molecule has 0 aliphatic heterocycles. The Balaban J connectivity index is 2.03. The average molecular weight is 239 g/mol. The van der Waals surface area contributed by atoms with Crippen molar-refractivity contribution < 1.29 is 9.18 Å². The van der Waals surface area contributed by atoms with E-state index in [0.29, 0.717) is 23.1 Å². The minimum atomic E-state index is -0.310. The molecule has 0 amide bonds. The van der Waals surface area contributed by atoms with Crippen molar-refractivity contribution in [1.82, 2.24) is 4.98 Å². The molecule has 0 saturated heterocycles. The lowest BCUT2D eigenvalue weighted by Crippen LogP contribution is -1.95. The van der Waals surface area contributed by atoms with E-state index in [1.165, 1.54) is 6.07 Å². The van der Waals surface area contributed by atoms with Gasteiger partial charge < -0.3 is 0 Å². The van der Waals surface area contributed by atoms with Crippen LogP contribution in [0.25, 0.3) is 6.08 Å². The Bertz CT molecular complexity index is 647. The molecule has 0 atom stereocenters. The van der Waals surface area contributed by atoms with Gasteiger partial charge in [0.25, 0.3) is 0 Å². The first-order valence-electron chi connectivity index (χ1n) is 5.68. The fraction of sp³-hybridized carbons (Fsp3) is 0.0667. The van der Waals surface area contributed by atoms with Crippen LogP contribution in [0.5, 0.6) is 0 Å². The first kappa shape index (κ1) is 10.8. The number of ketones is 1. The first-order valence-corrected chi connectivity index (χ1v) is 5.68. The Labute approximate surface area is 104 Å². The first-order chi connectivity index (χ1) is 8.75. The van der Waals surface area contributed by atoms with Crippen LogP contribution in [0.1, 0.15) is 21.5 Å². The largest absolute Gasteiger partial charge is 0.289 e. The van der Waals surface area contributed by atoms with Gasteiger partial charge >= 0.3 is 0 Å². The molecule has 0 saturated carbocycles. The average Bonchev–Trinajstić information content (AvgIpc) is 2.70. The summed E-state index contributed by atoms with van der Waals surface area (Å²) in [6, 6.07) is 8.30. The minimum absolute atomic E-state index is 0.0895. The number of Topliss-reactive ketones (excluding diaryl/α,β-unsaturated/α-hetero) is 1. The van der Waals surface area contributed by atoms with Gasteiger partial charge in [0.05, 0.1) is 0 Å². The standard InChI is InChI=1S/C15H10FNO/c16-14-5-1-4-12-13(14)8-11(15(12)18)7-10-3-2-6-17-9-10/h1-7,9H,8H2/b11-7-. The monoisotopic (exact) mass is 239 g/mol. The number of pyridine rings is 1. The molecule has 1 aliphatic carbocycles. The Kier molecular flexibility index (Phi) is 2.52. The van der Waals surface area contributed by atoms with Crippen LogP contribution in [-0.4, -0.2) is 10.8 Å². The normalized spacial score (nSPS) is 16.1. The maximum Gasteiger partial charge on any atom is 0.189 e. The molecular weight excluding hydrogens is 229 g/mol. The van der Waals surface area contributed by atoms with E-state index in [-0.39, 0.29) is 11.6 Å². The Morgan fingerprint density at radius 2 is 2.11 bits per heavy atom. The number of aromatic nitrogens is 1. The van der Waals surface area contributed by atoms with E-state index in [1.807, 2.05) is 6.07 Å². The van der Waals surface area contributed by atoms with Crippen LogP contribution in [-0.2, 0) is 6.42 Å². The molecule has 2 aromatic rings. The van der Waals surface area contributed by atoms with E-state index < -0.39 is 0 Å². The topological polar surface area (TPSA) is 30.0 Å². The molecule has 2 nitrogen and oxygen atoms in total. The zero-order valence-electron chi connectivity index (χ0n) is 9.56. The Morgan fingerprint density at radius 1 is 1.22 bits per heavy atom. The van der Waals surface area contributed by atoms with Gasteiger partial charge in [-0.3, -0.25) is 9.78 Å². The minimum Gasteiger partial charge on any atom is -0.289 e. The molecule has 1 aromatic carbocycles. The van der Waals surface area contributed by atoms with Crippen LogP contribution in [0, 0.1) is 5.82 Å². The summed E-state index contributed by atoms with van der Waals surface area (Å²) in [5, 5.41) is 0. The molecule has 0 unspecified atom stereocenters. The Morgan fingerprint density at radius 3 is 2.83 bits per heavy atom. The fourth-order valence-corrected chi connectivity index (χ4v) is 2.17. The van der Waals surface area contributed by atoms with E-state index in [4.69, 9.17) is 0 Å². The highest BCUT2D eigenvalue weighted by atomic mass is 19.1. The van der Waals surface area contributed by atoms with E-state index in [0.717, 1.165) is 5.56 Å². The van der Waals surface area contributed by atoms with Crippen molar-refractivity contribution in [1.29, 1.82) is 0 Å². The van der Waals surface area contributed by atoms with Crippen molar-refractivity contribution in [3.05, 3.63) is 70.8 Å². The summed E-state index contributed by atoms with van der Waals surface area (Å²) < 4.78 is 13.6. The second-order valence-corrected chi connectivity index (χ2v) is 4.23. The third-order valence-corrected chi connectivity index (χ3v) is 3.05. The molecule has 0 bridgehead atoms. The number of carbonyl (C=O) groups is 1. The van der Waals surface area contributed by atoms with Gasteiger partial charge in [0, 0.05) is 35.5 Å². The van der Waals surface area contributed by atoms with E-state index >= 15 is 0 Å². The summed E-state index contributed by atoms with van der Waals surface area (Å²) in [5.41, 5.74) is 2.44. The molecule has 88 valence electrons. The van der Waals surface area contributed by atoms with Gasteiger partial charge in [-0.25, -0.2) is 4.39 Å². The van der Waals surface area contributed by atoms with Crippen molar-refractivity contribution in [3.63, 3.8) is 0 Å². The zero-order valence-corrected chi connectivity index (χ0v) is 9.56. The van der Waals surface area contributed by atoms with Gasteiger partial charge in [-0.2, -0.15) is 0 Å². The van der Waals surface area contributed by atoms with Crippen LogP contribution in [0.3, 0.4) is 0 Å². The summed E-state index contributed by atoms with van der Waals surface area (Å²) in [4.78, 5) is 16.1. The second-order valence-electron chi connectivity index (χ2n) is 4.23. The number of benzene rings is 1. The lowest BCUT2D eigenvalue weighted by molar-refractivity contribution is 0.104. The SMILES string of the molecule is O=C1/C(=C\c2cccnc2)Cc2c(F)cccc21. The van der Waals surface area contributed by atoms with Crippen molar-refractivity contribution in [2.75, 3.05) is 0 Å². The lowest BCUT2D eigenvalue weighted by atomic mass is 10.1. The number of allylic oxidation sites excluding steroid dienone is 1. The summed E-state index contributed by atoms with van der Waals surface area (Å²) in [5.74, 6) is -0.399. The number of halogens is 1. The van der Waals surface area contributed by atoms with Gasteiger partial charge in [0.1, 0.15) is 5.82 Å². The summed E-state index contributed by atoms with van der Waals surface area (Å²) in [6.07, 6.45) is 5.48. The predicted octanol–water partition coefficient (Wildman–Crippen LogP) is 3.04. The van der Waals surface area contributed by atoms with Crippen molar-refractivity contribution in [2.24, 2.45) is 0 Å². The van der Waals surface area contributed by atoms with Crippen LogP contribution >= 0.6 is 0 Å². The summed E-state index contributed by atoms with van der Waals surface area (Å²) >= 11 is 0. The van der Waals surface area contributed by atoms with Gasteiger partial charge in [-0.15, -0.1) is 0 Å². The smallest absolute Gasteiger partial charge is 0.189 e. The highest BCUT2D eigenvalue weighted by Gasteiger charge is 2.26. The van der Waals surface area contributed by atoms with Crippen LogP contribution in [0.4, 0.5) is 4.39 Å². The van der Waals surface area contributed by atoms with Crippen molar-refractivity contribution in [2.45, 2.75) is 6.42 Å². The number of fused-ring (bicyclic) bond motifs is 1. The predicted molar refractivity (Wildman–Crippen MR) is 66.6 cm³/mol. The zero-order chi connectivity index (χ0) is 12.5. The second kappa shape index (κ2) is 4.18. The molecule has 3 rings (SSSR count). The molecule has 3 heteroatoms. The molecule has 1 heterocycles. The number of rotatable bonds is 1. The molecule has 0 N–H and O–H groups in total. The summed E-state index contributed by atoms with van der Waals surface area (Å²) in [6.45, 7) is 0. The number of carbonyl (C=O) groups excluding carboxylic acids is 1. The van der Waals surface area contributed by atoms with Gasteiger partial charge in [0.15, 0.2) is 5.78 Å². The fourth-order valence-electron chi connectivity index (χ4n) is 2.17. The van der Waals surface area contributed by atoms with Gasteiger partial charge in [0.2, 0.25) is 0 Å². The molecule has 1 aliphatic rings. The van der Waals surface area contributed by atoms with Gasteiger partial charge in [-0.05, 0) is 23.8 Å². The van der Waals surface area contributed by atoms with E-state index in [2.05, 4.69) is 4.98 Å². The molecule has 18 heavy (non-hydrogen) atoms. The van der Waals surface area contributed by atoms with E-state index in [1.54, 1.807) is 36.7 Å². The third-order valence-electron chi connectivity index (χ3n) is 3.05.